The summed E-state index contributed by atoms with van der Waals surface area (Å²) < 4.78 is 1.69. The lowest BCUT2D eigenvalue weighted by Gasteiger charge is -2.29. The van der Waals surface area contributed by atoms with E-state index in [2.05, 4.69) is 38.3 Å². The Balaban J connectivity index is 1.55. The number of nitrogens with one attached hydrogen (secondary N) is 2. The molecule has 0 bridgehead atoms. The van der Waals surface area contributed by atoms with Gasteiger partial charge in [0.1, 0.15) is 5.39 Å². The normalized spacial score (nSPS) is 14.1. The van der Waals surface area contributed by atoms with Crippen LogP contribution in [0, 0.1) is 0 Å². The van der Waals surface area contributed by atoms with Crippen LogP contribution in [0.5, 0.6) is 0 Å². The lowest BCUT2D eigenvalue weighted by molar-refractivity contribution is 0.268. The molecule has 0 saturated carbocycles. The topological polar surface area (TPSA) is 78.8 Å². The van der Waals surface area contributed by atoms with Crippen LogP contribution in [0.15, 0.2) is 59.5 Å². The fourth-order valence-corrected chi connectivity index (χ4v) is 3.92. The van der Waals surface area contributed by atoms with Crippen molar-refractivity contribution in [1.29, 1.82) is 0 Å². The molecular formula is C22H22N6O. The molecule has 7 nitrogen and oxygen atoms in total. The zero-order chi connectivity index (χ0) is 19.8. The maximum Gasteiger partial charge on any atom is 0.263 e. The van der Waals surface area contributed by atoms with Gasteiger partial charge in [-0.2, -0.15) is 10.1 Å². The van der Waals surface area contributed by atoms with Crippen LogP contribution < -0.4 is 10.9 Å². The lowest BCUT2D eigenvalue weighted by Crippen LogP contribution is -2.30. The lowest BCUT2D eigenvalue weighted by atomic mass is 9.98. The van der Waals surface area contributed by atoms with E-state index in [1.807, 2.05) is 42.5 Å². The summed E-state index contributed by atoms with van der Waals surface area (Å²) in [6, 6.07) is 16.0. The monoisotopic (exact) mass is 386 g/mol. The van der Waals surface area contributed by atoms with Crippen molar-refractivity contribution in [2.75, 3.05) is 18.4 Å². The number of para-hydroxylation sites is 1. The highest BCUT2D eigenvalue weighted by molar-refractivity contribution is 5.77. The fraction of sp³-hybridized carbons (Fsp3) is 0.227. The minimum absolute atomic E-state index is 0.207. The van der Waals surface area contributed by atoms with Crippen molar-refractivity contribution in [2.24, 2.45) is 0 Å². The summed E-state index contributed by atoms with van der Waals surface area (Å²) in [7, 11) is 0. The van der Waals surface area contributed by atoms with Crippen LogP contribution in [-0.2, 0) is 13.0 Å². The Bertz CT molecular complexity index is 1230. The molecule has 0 unspecified atom stereocenters. The third-order valence-electron chi connectivity index (χ3n) is 5.48. The third kappa shape index (κ3) is 3.19. The number of H-pyrrole nitrogens is 1. The van der Waals surface area contributed by atoms with Gasteiger partial charge < -0.3 is 5.32 Å². The van der Waals surface area contributed by atoms with Crippen LogP contribution in [0.25, 0.3) is 16.7 Å². The largest absolute Gasteiger partial charge is 0.325 e. The number of fused-ring (bicyclic) bond motifs is 2. The second-order valence-corrected chi connectivity index (χ2v) is 7.23. The second-order valence-electron chi connectivity index (χ2n) is 7.23. The van der Waals surface area contributed by atoms with E-state index in [1.54, 1.807) is 10.9 Å². The predicted molar refractivity (Wildman–Crippen MR) is 114 cm³/mol. The van der Waals surface area contributed by atoms with Crippen LogP contribution in [0.3, 0.4) is 0 Å². The Kier molecular flexibility index (Phi) is 4.37. The van der Waals surface area contributed by atoms with Gasteiger partial charge in [0.25, 0.3) is 5.56 Å². The predicted octanol–water partition coefficient (Wildman–Crippen LogP) is 3.23. The molecule has 3 heterocycles. The van der Waals surface area contributed by atoms with E-state index in [1.165, 1.54) is 11.1 Å². The number of benzene rings is 2. The molecule has 2 N–H and O–H groups in total. The summed E-state index contributed by atoms with van der Waals surface area (Å²) >= 11 is 0. The molecule has 0 atom stereocenters. The van der Waals surface area contributed by atoms with Gasteiger partial charge in [-0.25, -0.2) is 4.68 Å². The van der Waals surface area contributed by atoms with Gasteiger partial charge >= 0.3 is 0 Å². The molecule has 2 aromatic heterocycles. The molecule has 0 saturated heterocycles. The highest BCUT2D eigenvalue weighted by atomic mass is 16.1. The van der Waals surface area contributed by atoms with Crippen molar-refractivity contribution in [3.05, 3.63) is 76.2 Å². The Morgan fingerprint density at radius 2 is 2.00 bits per heavy atom. The van der Waals surface area contributed by atoms with E-state index in [9.17, 15) is 4.79 Å². The molecular weight excluding hydrogens is 364 g/mol. The number of anilines is 2. The molecule has 146 valence electrons. The summed E-state index contributed by atoms with van der Waals surface area (Å²) in [6.45, 7) is 5.22. The molecule has 1 aliphatic rings. The summed E-state index contributed by atoms with van der Waals surface area (Å²) in [5.74, 6) is 0.423. The number of aromatic nitrogens is 4. The second kappa shape index (κ2) is 7.18. The van der Waals surface area contributed by atoms with E-state index in [-0.39, 0.29) is 5.56 Å². The zero-order valence-corrected chi connectivity index (χ0v) is 16.2. The molecule has 29 heavy (non-hydrogen) atoms. The minimum Gasteiger partial charge on any atom is -0.325 e. The SMILES string of the molecule is CCN1CCc2c(cccc2Nc2nc3c(cnn3-c3ccccc3)c(=O)[nH]2)C1. The van der Waals surface area contributed by atoms with Crippen molar-refractivity contribution < 1.29 is 0 Å². The van der Waals surface area contributed by atoms with Crippen LogP contribution in [0.2, 0.25) is 0 Å². The van der Waals surface area contributed by atoms with Gasteiger partial charge in [0.15, 0.2) is 5.65 Å². The summed E-state index contributed by atoms with van der Waals surface area (Å²) in [6.07, 6.45) is 2.53. The standard InChI is InChI=1S/C22H22N6O/c1-2-27-12-11-17-15(14-27)7-6-10-19(17)24-22-25-20-18(21(29)26-22)13-23-28(20)16-8-4-3-5-9-16/h3-10,13H,2,11-12,14H2,1H3,(H2,24,25,26,29). The Morgan fingerprint density at radius 3 is 2.83 bits per heavy atom. The van der Waals surface area contributed by atoms with Gasteiger partial charge in [-0.15, -0.1) is 0 Å². The Labute approximate surface area is 168 Å². The number of likely N-dealkylation sites (N-methyl/N-ethyl adjacent to an activating group) is 1. The zero-order valence-electron chi connectivity index (χ0n) is 16.2. The van der Waals surface area contributed by atoms with Crippen molar-refractivity contribution >= 4 is 22.7 Å². The van der Waals surface area contributed by atoms with Crippen LogP contribution in [-0.4, -0.2) is 37.7 Å². The Morgan fingerprint density at radius 1 is 1.14 bits per heavy atom. The first-order valence-electron chi connectivity index (χ1n) is 9.86. The molecule has 2 aromatic carbocycles. The van der Waals surface area contributed by atoms with Crippen molar-refractivity contribution in [3.8, 4) is 5.69 Å². The molecule has 1 aliphatic heterocycles. The summed E-state index contributed by atoms with van der Waals surface area (Å²) in [5.41, 5.74) is 4.79. The van der Waals surface area contributed by atoms with Crippen LogP contribution in [0.4, 0.5) is 11.6 Å². The Hall–Kier alpha value is -3.45. The molecule has 0 amide bonds. The molecule has 0 spiro atoms. The average Bonchev–Trinajstić information content (AvgIpc) is 3.19. The van der Waals surface area contributed by atoms with Crippen LogP contribution >= 0.6 is 0 Å². The molecule has 0 aliphatic carbocycles. The van der Waals surface area contributed by atoms with Crippen molar-refractivity contribution in [1.82, 2.24) is 24.6 Å². The summed E-state index contributed by atoms with van der Waals surface area (Å²) in [4.78, 5) is 22.6. The van der Waals surface area contributed by atoms with E-state index >= 15 is 0 Å². The smallest absolute Gasteiger partial charge is 0.263 e. The molecule has 7 heteroatoms. The van der Waals surface area contributed by atoms with Gasteiger partial charge in [0.2, 0.25) is 5.95 Å². The molecule has 0 radical (unpaired) electrons. The first kappa shape index (κ1) is 17.6. The highest BCUT2D eigenvalue weighted by Crippen LogP contribution is 2.28. The van der Waals surface area contributed by atoms with E-state index < -0.39 is 0 Å². The number of nitrogens with zero attached hydrogens (tertiary/aromatic N) is 4. The highest BCUT2D eigenvalue weighted by Gasteiger charge is 2.18. The molecule has 4 aromatic rings. The quantitative estimate of drug-likeness (QED) is 0.563. The number of aromatic amines is 1. The van der Waals surface area contributed by atoms with Gasteiger partial charge in [0, 0.05) is 18.8 Å². The van der Waals surface area contributed by atoms with Gasteiger partial charge in [-0.1, -0.05) is 37.3 Å². The van der Waals surface area contributed by atoms with Gasteiger partial charge in [0.05, 0.1) is 11.9 Å². The van der Waals surface area contributed by atoms with Crippen LogP contribution in [0.1, 0.15) is 18.1 Å². The first-order chi connectivity index (χ1) is 14.2. The van der Waals surface area contributed by atoms with Gasteiger partial charge in [-0.05, 0) is 42.3 Å². The van der Waals surface area contributed by atoms with E-state index in [0.29, 0.717) is 17.0 Å². The van der Waals surface area contributed by atoms with Crippen molar-refractivity contribution in [3.63, 3.8) is 0 Å². The number of rotatable bonds is 4. The average molecular weight is 386 g/mol. The maximum atomic E-state index is 12.6. The molecule has 0 fully saturated rings. The summed E-state index contributed by atoms with van der Waals surface area (Å²) in [5, 5.41) is 8.17. The molecule has 5 rings (SSSR count). The number of hydrogen-bond donors (Lipinski definition) is 2. The van der Waals surface area contributed by atoms with E-state index in [0.717, 1.165) is 37.4 Å². The van der Waals surface area contributed by atoms with Crippen molar-refractivity contribution in [2.45, 2.75) is 19.9 Å². The third-order valence-corrected chi connectivity index (χ3v) is 5.48. The fourth-order valence-electron chi connectivity index (χ4n) is 3.92. The van der Waals surface area contributed by atoms with E-state index in [4.69, 9.17) is 0 Å². The maximum absolute atomic E-state index is 12.6. The first-order valence-corrected chi connectivity index (χ1v) is 9.86. The van der Waals surface area contributed by atoms with Gasteiger partial charge in [-0.3, -0.25) is 14.7 Å². The number of hydrogen-bond acceptors (Lipinski definition) is 5. The minimum atomic E-state index is -0.207.